The summed E-state index contributed by atoms with van der Waals surface area (Å²) >= 11 is 0. The molecule has 0 radical (unpaired) electrons. The van der Waals surface area contributed by atoms with E-state index in [-0.39, 0.29) is 18.3 Å². The maximum Gasteiger partial charge on any atom is -0.0132 e. The lowest BCUT2D eigenvalue weighted by Crippen LogP contribution is -2.16. The highest BCUT2D eigenvalue weighted by molar-refractivity contribution is 5.30. The van der Waals surface area contributed by atoms with E-state index in [1.54, 1.807) is 0 Å². The quantitative estimate of drug-likeness (QED) is 0.447. The molecule has 0 fully saturated rings. The van der Waals surface area contributed by atoms with Crippen LogP contribution in [-0.4, -0.2) is 0 Å². The van der Waals surface area contributed by atoms with E-state index in [9.17, 15) is 0 Å². The second kappa shape index (κ2) is 8.54. The van der Waals surface area contributed by atoms with Crippen LogP contribution in [0.15, 0.2) is 24.3 Å². The van der Waals surface area contributed by atoms with Crippen molar-refractivity contribution in [1.82, 2.24) is 0 Å². The van der Waals surface area contributed by atoms with Crippen LogP contribution in [0.4, 0.5) is 0 Å². The van der Waals surface area contributed by atoms with Crippen LogP contribution in [0, 0.1) is 10.8 Å². The average Bonchev–Trinajstić information content (AvgIpc) is 2.22. The Morgan fingerprint density at radius 1 is 0.500 bits per heavy atom. The van der Waals surface area contributed by atoms with Gasteiger partial charge in [0.1, 0.15) is 0 Å². The number of hydrogen-bond acceptors (Lipinski definition) is 0. The van der Waals surface area contributed by atoms with Crippen LogP contribution in [0.5, 0.6) is 0 Å². The van der Waals surface area contributed by atoms with Crippen LogP contribution in [0.25, 0.3) is 0 Å². The van der Waals surface area contributed by atoms with Crippen LogP contribution in [0.2, 0.25) is 0 Å². The molecule has 0 aliphatic heterocycles. The molecule has 1 rings (SSSR count). The SMILES string of the molecule is C.CC(C)(C)CC(C)(C)C.CC(C)(C)c1ccc(C(C)(C)C)cc1. The van der Waals surface area contributed by atoms with Crippen molar-refractivity contribution >= 4 is 0 Å². The molecule has 0 bridgehead atoms. The van der Waals surface area contributed by atoms with Crippen molar-refractivity contribution in [2.24, 2.45) is 10.8 Å². The van der Waals surface area contributed by atoms with E-state index in [4.69, 9.17) is 0 Å². The summed E-state index contributed by atoms with van der Waals surface area (Å²) in [7, 11) is 0. The first-order chi connectivity index (χ1) is 9.92. The van der Waals surface area contributed by atoms with Crippen LogP contribution in [0.1, 0.15) is 108 Å². The summed E-state index contributed by atoms with van der Waals surface area (Å²) in [6.45, 7) is 27.2. The second-order valence-corrected chi connectivity index (χ2v) is 11.4. The van der Waals surface area contributed by atoms with Crippen LogP contribution in [-0.2, 0) is 10.8 Å². The van der Waals surface area contributed by atoms with Gasteiger partial charge in [0.05, 0.1) is 0 Å². The first-order valence-electron chi connectivity index (χ1n) is 9.03. The van der Waals surface area contributed by atoms with Crippen LogP contribution < -0.4 is 0 Å². The molecule has 24 heavy (non-hydrogen) atoms. The Hall–Kier alpha value is -0.780. The van der Waals surface area contributed by atoms with Crippen molar-refractivity contribution < 1.29 is 0 Å². The van der Waals surface area contributed by atoms with Crippen molar-refractivity contribution in [3.63, 3.8) is 0 Å². The maximum atomic E-state index is 2.29. The van der Waals surface area contributed by atoms with E-state index in [0.717, 1.165) is 0 Å². The minimum absolute atomic E-state index is 0. The van der Waals surface area contributed by atoms with Gasteiger partial charge in [-0.05, 0) is 39.2 Å². The topological polar surface area (TPSA) is 0 Å². The van der Waals surface area contributed by atoms with Crippen molar-refractivity contribution in [2.45, 2.75) is 108 Å². The van der Waals surface area contributed by atoms with Gasteiger partial charge in [-0.2, -0.15) is 0 Å². The fourth-order valence-electron chi connectivity index (χ4n) is 3.06. The van der Waals surface area contributed by atoms with Gasteiger partial charge in [0.2, 0.25) is 0 Å². The first-order valence-corrected chi connectivity index (χ1v) is 9.03. The highest BCUT2D eigenvalue weighted by Crippen LogP contribution is 2.32. The highest BCUT2D eigenvalue weighted by atomic mass is 14.3. The predicted molar refractivity (Wildman–Crippen MR) is 114 cm³/mol. The summed E-state index contributed by atoms with van der Waals surface area (Å²) in [5.74, 6) is 0. The van der Waals surface area contributed by atoms with Gasteiger partial charge in [0, 0.05) is 0 Å². The summed E-state index contributed by atoms with van der Waals surface area (Å²) in [6, 6.07) is 9.00. The first kappa shape index (κ1) is 25.5. The van der Waals surface area contributed by atoms with E-state index in [1.165, 1.54) is 17.5 Å². The molecule has 142 valence electrons. The summed E-state index contributed by atoms with van der Waals surface area (Å²) in [4.78, 5) is 0. The number of benzene rings is 1. The van der Waals surface area contributed by atoms with E-state index in [1.807, 2.05) is 0 Å². The third-order valence-corrected chi connectivity index (χ3v) is 3.68. The molecule has 0 nitrogen and oxygen atoms in total. The summed E-state index contributed by atoms with van der Waals surface area (Å²) in [5, 5.41) is 0. The van der Waals surface area contributed by atoms with Gasteiger partial charge in [0.15, 0.2) is 0 Å². The van der Waals surface area contributed by atoms with Gasteiger partial charge in [0.25, 0.3) is 0 Å². The fourth-order valence-corrected chi connectivity index (χ4v) is 3.06. The lowest BCUT2D eigenvalue weighted by atomic mass is 9.78. The Labute approximate surface area is 154 Å². The normalized spacial score (nSPS) is 12.8. The van der Waals surface area contributed by atoms with Gasteiger partial charge in [-0.3, -0.25) is 0 Å². The minimum atomic E-state index is 0. The smallest absolute Gasteiger partial charge is 0.0132 e. The molecule has 0 spiro atoms. The summed E-state index contributed by atoms with van der Waals surface area (Å²) in [6.07, 6.45) is 1.29. The summed E-state index contributed by atoms with van der Waals surface area (Å²) in [5.41, 5.74) is 4.31. The van der Waals surface area contributed by atoms with E-state index in [2.05, 4.69) is 107 Å². The van der Waals surface area contributed by atoms with Gasteiger partial charge in [-0.25, -0.2) is 0 Å². The molecule has 0 aliphatic rings. The van der Waals surface area contributed by atoms with Crippen molar-refractivity contribution in [3.8, 4) is 0 Å². The standard InChI is InChI=1S/C14H22.C9H20.CH4/c1-13(2,3)11-7-9-12(10-8-11)14(4,5)6;1-8(2,3)7-9(4,5)6;/h7-10H,1-6H3;7H2,1-6H3;1H4. The molecule has 0 aliphatic carbocycles. The molecular weight excluding hydrogens is 288 g/mol. The van der Waals surface area contributed by atoms with E-state index >= 15 is 0 Å². The third kappa shape index (κ3) is 11.7. The molecular formula is C24H46. The summed E-state index contributed by atoms with van der Waals surface area (Å²) < 4.78 is 0. The molecule has 0 heteroatoms. The average molecular weight is 335 g/mol. The highest BCUT2D eigenvalue weighted by Gasteiger charge is 2.20. The zero-order valence-corrected chi connectivity index (χ0v) is 18.0. The molecule has 0 atom stereocenters. The van der Waals surface area contributed by atoms with Crippen molar-refractivity contribution in [1.29, 1.82) is 0 Å². The maximum absolute atomic E-state index is 2.29. The van der Waals surface area contributed by atoms with Gasteiger partial charge in [-0.1, -0.05) is 115 Å². The molecule has 0 aromatic heterocycles. The second-order valence-electron chi connectivity index (χ2n) is 11.4. The molecule has 0 saturated carbocycles. The van der Waals surface area contributed by atoms with E-state index < -0.39 is 0 Å². The van der Waals surface area contributed by atoms with Crippen molar-refractivity contribution in [3.05, 3.63) is 35.4 Å². The lowest BCUT2D eigenvalue weighted by Gasteiger charge is -2.28. The molecule has 1 aromatic rings. The van der Waals surface area contributed by atoms with Gasteiger partial charge < -0.3 is 0 Å². The lowest BCUT2D eigenvalue weighted by molar-refractivity contribution is 0.233. The Kier molecular flexibility index (Phi) is 9.06. The minimum Gasteiger partial charge on any atom is -0.0776 e. The van der Waals surface area contributed by atoms with Crippen LogP contribution in [0.3, 0.4) is 0 Å². The van der Waals surface area contributed by atoms with Gasteiger partial charge in [-0.15, -0.1) is 0 Å². The number of rotatable bonds is 0. The number of hydrogen-bond donors (Lipinski definition) is 0. The molecule has 0 unspecified atom stereocenters. The van der Waals surface area contributed by atoms with E-state index in [0.29, 0.717) is 10.8 Å². The van der Waals surface area contributed by atoms with Crippen LogP contribution >= 0.6 is 0 Å². The Balaban J connectivity index is 0. The van der Waals surface area contributed by atoms with Crippen molar-refractivity contribution in [2.75, 3.05) is 0 Å². The fraction of sp³-hybridized carbons (Fsp3) is 0.750. The zero-order chi connectivity index (χ0) is 18.7. The Morgan fingerprint density at radius 2 is 0.708 bits per heavy atom. The molecule has 0 saturated heterocycles. The van der Waals surface area contributed by atoms with Gasteiger partial charge >= 0.3 is 0 Å². The zero-order valence-electron chi connectivity index (χ0n) is 18.0. The molecule has 1 aromatic carbocycles. The largest absolute Gasteiger partial charge is 0.0776 e. The molecule has 0 N–H and O–H groups in total. The molecule has 0 amide bonds. The predicted octanol–water partition coefficient (Wildman–Crippen LogP) is 8.39. The monoisotopic (exact) mass is 334 g/mol. The Morgan fingerprint density at radius 3 is 0.792 bits per heavy atom. The Bertz CT molecular complexity index is 402. The third-order valence-electron chi connectivity index (χ3n) is 3.68. The molecule has 0 heterocycles.